The third-order valence-corrected chi connectivity index (χ3v) is 6.79. The number of carbonyl (C=O) groups is 1. The Labute approximate surface area is 166 Å². The van der Waals surface area contributed by atoms with Crippen LogP contribution in [0.3, 0.4) is 0 Å². The zero-order chi connectivity index (χ0) is 20.0. The monoisotopic (exact) mass is 402 g/mol. The molecule has 7 heteroatoms. The highest BCUT2D eigenvalue weighted by Gasteiger charge is 2.27. The molecule has 0 radical (unpaired) electrons. The third-order valence-electron chi connectivity index (χ3n) is 4.88. The summed E-state index contributed by atoms with van der Waals surface area (Å²) in [6, 6.07) is 14.0. The number of nitrogens with one attached hydrogen (secondary N) is 1. The van der Waals surface area contributed by atoms with E-state index in [4.69, 9.17) is 4.74 Å². The summed E-state index contributed by atoms with van der Waals surface area (Å²) in [5.74, 6) is 0.626. The highest BCUT2D eigenvalue weighted by Crippen LogP contribution is 2.21. The van der Waals surface area contributed by atoms with Crippen molar-refractivity contribution < 1.29 is 17.9 Å². The Morgan fingerprint density at radius 2 is 1.82 bits per heavy atom. The van der Waals surface area contributed by atoms with Crippen LogP contribution in [0, 0.1) is 0 Å². The summed E-state index contributed by atoms with van der Waals surface area (Å²) in [5.41, 5.74) is 1.62. The largest absolute Gasteiger partial charge is 0.497 e. The van der Waals surface area contributed by atoms with Crippen LogP contribution in [-0.4, -0.2) is 45.4 Å². The number of benzene rings is 2. The minimum Gasteiger partial charge on any atom is -0.497 e. The van der Waals surface area contributed by atoms with Gasteiger partial charge in [0.1, 0.15) is 5.75 Å². The van der Waals surface area contributed by atoms with Gasteiger partial charge in [-0.2, -0.15) is 4.31 Å². The molecule has 0 atom stereocenters. The van der Waals surface area contributed by atoms with Gasteiger partial charge in [0.05, 0.1) is 12.0 Å². The molecule has 0 aliphatic carbocycles. The van der Waals surface area contributed by atoms with E-state index >= 15 is 0 Å². The number of nitrogens with zero attached hydrogens (tertiary/aromatic N) is 1. The van der Waals surface area contributed by atoms with Crippen molar-refractivity contribution in [2.24, 2.45) is 0 Å². The maximum absolute atomic E-state index is 12.5. The standard InChI is InChI=1S/C21H26N2O4S/c1-27-19-8-4-6-17(16-19)7-5-13-22-21(24)18-9-11-20(12-10-18)28(25,26)23-14-2-3-15-23/h4,6,8-12,16H,2-3,5,7,13-15H2,1H3,(H,22,24). The van der Waals surface area contributed by atoms with Crippen molar-refractivity contribution in [3.8, 4) is 5.75 Å². The van der Waals surface area contributed by atoms with Crippen LogP contribution < -0.4 is 10.1 Å². The predicted octanol–water partition coefficient (Wildman–Crippen LogP) is 2.84. The summed E-state index contributed by atoms with van der Waals surface area (Å²) in [6.45, 7) is 1.68. The highest BCUT2D eigenvalue weighted by molar-refractivity contribution is 7.89. The quantitative estimate of drug-likeness (QED) is 0.689. The van der Waals surface area contributed by atoms with Gasteiger partial charge in [0.15, 0.2) is 0 Å². The van der Waals surface area contributed by atoms with Crippen molar-refractivity contribution in [3.05, 3.63) is 59.7 Å². The van der Waals surface area contributed by atoms with E-state index in [1.165, 1.54) is 16.4 Å². The van der Waals surface area contributed by atoms with Gasteiger partial charge in [-0.3, -0.25) is 4.79 Å². The zero-order valence-electron chi connectivity index (χ0n) is 16.1. The van der Waals surface area contributed by atoms with Crippen LogP contribution in [0.4, 0.5) is 0 Å². The van der Waals surface area contributed by atoms with Crippen LogP contribution in [0.1, 0.15) is 35.2 Å². The first-order valence-corrected chi connectivity index (χ1v) is 11.0. The van der Waals surface area contributed by atoms with Gasteiger partial charge in [-0.1, -0.05) is 12.1 Å². The fourth-order valence-corrected chi connectivity index (χ4v) is 4.80. The SMILES string of the molecule is COc1cccc(CCCNC(=O)c2ccc(S(=O)(=O)N3CCCC3)cc2)c1. The molecule has 0 saturated carbocycles. The van der Waals surface area contributed by atoms with Crippen LogP contribution in [0.15, 0.2) is 53.4 Å². The normalized spacial score (nSPS) is 14.8. The molecule has 0 spiro atoms. The van der Waals surface area contributed by atoms with Gasteiger partial charge in [0.25, 0.3) is 5.91 Å². The second kappa shape index (κ2) is 9.21. The summed E-state index contributed by atoms with van der Waals surface area (Å²) in [6.07, 6.45) is 3.44. The van der Waals surface area contributed by atoms with Gasteiger partial charge in [0, 0.05) is 25.2 Å². The Morgan fingerprint density at radius 1 is 1.11 bits per heavy atom. The minimum atomic E-state index is -3.45. The lowest BCUT2D eigenvalue weighted by Gasteiger charge is -2.15. The zero-order valence-corrected chi connectivity index (χ0v) is 16.9. The fourth-order valence-electron chi connectivity index (χ4n) is 3.28. The molecule has 150 valence electrons. The molecule has 1 saturated heterocycles. The van der Waals surface area contributed by atoms with Crippen molar-refractivity contribution in [1.82, 2.24) is 9.62 Å². The van der Waals surface area contributed by atoms with Gasteiger partial charge in [0.2, 0.25) is 10.0 Å². The molecule has 1 fully saturated rings. The minimum absolute atomic E-state index is 0.198. The van der Waals surface area contributed by atoms with E-state index in [1.54, 1.807) is 19.2 Å². The number of amides is 1. The summed E-state index contributed by atoms with van der Waals surface area (Å²) in [4.78, 5) is 12.5. The number of aryl methyl sites for hydroxylation is 1. The summed E-state index contributed by atoms with van der Waals surface area (Å²) in [5, 5.41) is 2.88. The lowest BCUT2D eigenvalue weighted by molar-refractivity contribution is 0.0953. The molecule has 0 aromatic heterocycles. The maximum Gasteiger partial charge on any atom is 0.251 e. The van der Waals surface area contributed by atoms with Gasteiger partial charge in [-0.15, -0.1) is 0 Å². The molecule has 1 heterocycles. The molecule has 2 aromatic rings. The first-order valence-electron chi connectivity index (χ1n) is 9.52. The summed E-state index contributed by atoms with van der Waals surface area (Å²) < 4.78 is 31.8. The smallest absolute Gasteiger partial charge is 0.251 e. The van der Waals surface area contributed by atoms with Crippen LogP contribution in [0.5, 0.6) is 5.75 Å². The molecule has 1 amide bonds. The number of sulfonamides is 1. The molecule has 3 rings (SSSR count). The van der Waals surface area contributed by atoms with Crippen LogP contribution in [0.25, 0.3) is 0 Å². The van der Waals surface area contributed by atoms with Crippen molar-refractivity contribution in [2.45, 2.75) is 30.6 Å². The molecular formula is C21H26N2O4S. The van der Waals surface area contributed by atoms with E-state index in [-0.39, 0.29) is 10.8 Å². The van der Waals surface area contributed by atoms with Crippen LogP contribution in [0.2, 0.25) is 0 Å². The van der Waals surface area contributed by atoms with Crippen LogP contribution in [-0.2, 0) is 16.4 Å². The fraction of sp³-hybridized carbons (Fsp3) is 0.381. The Kier molecular flexibility index (Phi) is 6.70. The summed E-state index contributed by atoms with van der Waals surface area (Å²) >= 11 is 0. The highest BCUT2D eigenvalue weighted by atomic mass is 32.2. The predicted molar refractivity (Wildman–Crippen MR) is 108 cm³/mol. The number of hydrogen-bond donors (Lipinski definition) is 1. The van der Waals surface area contributed by atoms with Gasteiger partial charge in [-0.05, 0) is 67.6 Å². The van der Waals surface area contributed by atoms with Crippen molar-refractivity contribution in [3.63, 3.8) is 0 Å². The molecule has 1 N–H and O–H groups in total. The number of carbonyl (C=O) groups excluding carboxylic acids is 1. The molecule has 1 aliphatic heterocycles. The van der Waals surface area contributed by atoms with E-state index in [9.17, 15) is 13.2 Å². The second-order valence-electron chi connectivity index (χ2n) is 6.85. The van der Waals surface area contributed by atoms with Gasteiger partial charge < -0.3 is 10.1 Å². The average Bonchev–Trinajstić information content (AvgIpc) is 3.27. The van der Waals surface area contributed by atoms with Gasteiger partial charge >= 0.3 is 0 Å². The molecule has 0 unspecified atom stereocenters. The van der Waals surface area contributed by atoms with Crippen LogP contribution >= 0.6 is 0 Å². The molecule has 0 bridgehead atoms. The second-order valence-corrected chi connectivity index (χ2v) is 8.78. The lowest BCUT2D eigenvalue weighted by Crippen LogP contribution is -2.28. The molecule has 6 nitrogen and oxygen atoms in total. The van der Waals surface area contributed by atoms with Crippen molar-refractivity contribution in [2.75, 3.05) is 26.7 Å². The Bertz CT molecular complexity index is 904. The van der Waals surface area contributed by atoms with E-state index < -0.39 is 10.0 Å². The Hall–Kier alpha value is -2.38. The summed E-state index contributed by atoms with van der Waals surface area (Å²) in [7, 11) is -1.81. The average molecular weight is 403 g/mol. The first-order chi connectivity index (χ1) is 13.5. The number of rotatable bonds is 8. The van der Waals surface area contributed by atoms with E-state index in [0.29, 0.717) is 25.2 Å². The first kappa shape index (κ1) is 20.4. The maximum atomic E-state index is 12.5. The molecule has 28 heavy (non-hydrogen) atoms. The molecule has 1 aliphatic rings. The number of methoxy groups -OCH3 is 1. The van der Waals surface area contributed by atoms with E-state index in [2.05, 4.69) is 5.32 Å². The van der Waals surface area contributed by atoms with Gasteiger partial charge in [-0.25, -0.2) is 8.42 Å². The van der Waals surface area contributed by atoms with Crippen molar-refractivity contribution in [1.29, 1.82) is 0 Å². The Balaban J connectivity index is 1.50. The lowest BCUT2D eigenvalue weighted by atomic mass is 10.1. The topological polar surface area (TPSA) is 75.7 Å². The van der Waals surface area contributed by atoms with E-state index in [1.807, 2.05) is 24.3 Å². The molecular weight excluding hydrogens is 376 g/mol. The van der Waals surface area contributed by atoms with Crippen molar-refractivity contribution >= 4 is 15.9 Å². The third kappa shape index (κ3) is 4.91. The Morgan fingerprint density at radius 3 is 2.50 bits per heavy atom. The number of hydrogen-bond acceptors (Lipinski definition) is 4. The number of ether oxygens (including phenoxy) is 1. The van der Waals surface area contributed by atoms with E-state index in [0.717, 1.165) is 37.0 Å². The molecule has 2 aromatic carbocycles.